The molecule has 0 bridgehead atoms. The normalized spacial score (nSPS) is 10.4. The maximum atomic E-state index is 11.1. The molecule has 2 rings (SSSR count). The van der Waals surface area contributed by atoms with Gasteiger partial charge in [-0.25, -0.2) is 4.98 Å². The maximum Gasteiger partial charge on any atom is 0.178 e. The molecule has 0 aliphatic heterocycles. The van der Waals surface area contributed by atoms with Crippen LogP contribution in [0.15, 0.2) is 23.6 Å². The largest absolute Gasteiger partial charge is 0.293 e. The number of aromatic nitrogens is 1. The molecule has 82 valence electrons. The van der Waals surface area contributed by atoms with Crippen molar-refractivity contribution < 1.29 is 4.79 Å². The maximum absolute atomic E-state index is 11.1. The first-order valence-electron chi connectivity index (χ1n) is 4.50. The summed E-state index contributed by atoms with van der Waals surface area (Å²) in [6.07, 6.45) is 0. The molecule has 0 atom stereocenters. The van der Waals surface area contributed by atoms with Crippen molar-refractivity contribution in [1.82, 2.24) is 4.98 Å². The molecule has 0 spiro atoms. The highest BCUT2D eigenvalue weighted by atomic mass is 35.5. The van der Waals surface area contributed by atoms with Gasteiger partial charge in [-0.3, -0.25) is 4.79 Å². The minimum atomic E-state index is -0.0550. The zero-order valence-corrected chi connectivity index (χ0v) is 10.7. The van der Waals surface area contributed by atoms with Crippen molar-refractivity contribution >= 4 is 40.3 Å². The number of Topliss-reactive ketones (excluding diaryl/α,β-unsaturated/α-hetero) is 1. The van der Waals surface area contributed by atoms with E-state index in [0.717, 1.165) is 5.56 Å². The van der Waals surface area contributed by atoms with Crippen molar-refractivity contribution in [2.75, 3.05) is 0 Å². The molecular weight excluding hydrogens is 265 g/mol. The molecule has 2 aromatic rings. The monoisotopic (exact) mass is 271 g/mol. The van der Waals surface area contributed by atoms with Crippen molar-refractivity contribution in [3.05, 3.63) is 39.3 Å². The highest BCUT2D eigenvalue weighted by molar-refractivity contribution is 7.13. The molecule has 0 aliphatic rings. The van der Waals surface area contributed by atoms with Gasteiger partial charge < -0.3 is 0 Å². The van der Waals surface area contributed by atoms with E-state index in [1.54, 1.807) is 23.6 Å². The Balaban J connectivity index is 2.50. The fourth-order valence-electron chi connectivity index (χ4n) is 1.22. The van der Waals surface area contributed by atoms with Gasteiger partial charge in [0.1, 0.15) is 10.7 Å². The van der Waals surface area contributed by atoms with Crippen molar-refractivity contribution in [3.63, 3.8) is 0 Å². The van der Waals surface area contributed by atoms with Crippen molar-refractivity contribution in [1.29, 1.82) is 0 Å². The molecule has 0 amide bonds. The number of hydrogen-bond donors (Lipinski definition) is 0. The Hall–Kier alpha value is -0.900. The van der Waals surface area contributed by atoms with Gasteiger partial charge in [-0.2, -0.15) is 0 Å². The number of nitrogens with zero attached hydrogens (tertiary/aromatic N) is 1. The van der Waals surface area contributed by atoms with E-state index < -0.39 is 0 Å². The number of carbonyl (C=O) groups is 1. The first kappa shape index (κ1) is 11.6. The van der Waals surface area contributed by atoms with Crippen LogP contribution in [0.5, 0.6) is 0 Å². The van der Waals surface area contributed by atoms with E-state index in [9.17, 15) is 4.79 Å². The Bertz CT molecular complexity index is 551. The molecule has 2 nitrogen and oxygen atoms in total. The molecule has 0 aliphatic carbocycles. The average Bonchev–Trinajstić information content (AvgIpc) is 2.70. The fourth-order valence-corrected chi connectivity index (χ4v) is 2.54. The van der Waals surface area contributed by atoms with Gasteiger partial charge in [0.15, 0.2) is 5.78 Å². The summed E-state index contributed by atoms with van der Waals surface area (Å²) in [4.78, 5) is 15.3. The molecule has 0 N–H and O–H groups in total. The first-order valence-corrected chi connectivity index (χ1v) is 6.13. The van der Waals surface area contributed by atoms with Crippen LogP contribution in [0, 0.1) is 0 Å². The molecule has 16 heavy (non-hydrogen) atoms. The first-order chi connectivity index (χ1) is 7.58. The molecule has 0 unspecified atom stereocenters. The molecule has 0 fully saturated rings. The van der Waals surface area contributed by atoms with E-state index in [1.807, 2.05) is 0 Å². The third-order valence-electron chi connectivity index (χ3n) is 2.02. The third kappa shape index (κ3) is 2.26. The zero-order valence-electron chi connectivity index (χ0n) is 8.33. The Morgan fingerprint density at radius 1 is 1.38 bits per heavy atom. The Morgan fingerprint density at radius 2 is 2.12 bits per heavy atom. The summed E-state index contributed by atoms with van der Waals surface area (Å²) in [6, 6.07) is 5.17. The van der Waals surface area contributed by atoms with Crippen LogP contribution in [-0.4, -0.2) is 10.8 Å². The number of ketones is 1. The van der Waals surface area contributed by atoms with E-state index in [0.29, 0.717) is 20.7 Å². The molecule has 1 aromatic carbocycles. The molecule has 0 saturated heterocycles. The van der Waals surface area contributed by atoms with Crippen molar-refractivity contribution in [2.45, 2.75) is 6.92 Å². The molecule has 5 heteroatoms. The predicted octanol–water partition coefficient (Wildman–Crippen LogP) is 4.32. The summed E-state index contributed by atoms with van der Waals surface area (Å²) in [5, 5.41) is 3.60. The lowest BCUT2D eigenvalue weighted by molar-refractivity contribution is 0.101. The standard InChI is InChI=1S/C11H7Cl2NOS/c1-6(15)10-5-16-11(14-10)8-4-7(12)2-3-9(8)13/h2-5H,1H3. The Labute approximate surface area is 107 Å². The van der Waals surface area contributed by atoms with Gasteiger partial charge >= 0.3 is 0 Å². The molecule has 1 heterocycles. The summed E-state index contributed by atoms with van der Waals surface area (Å²) in [5.74, 6) is -0.0550. The van der Waals surface area contributed by atoms with Crippen molar-refractivity contribution in [2.24, 2.45) is 0 Å². The third-order valence-corrected chi connectivity index (χ3v) is 3.46. The van der Waals surface area contributed by atoms with Crippen LogP contribution >= 0.6 is 34.5 Å². The topological polar surface area (TPSA) is 30.0 Å². The Kier molecular flexibility index (Phi) is 3.28. The zero-order chi connectivity index (χ0) is 11.7. The summed E-state index contributed by atoms with van der Waals surface area (Å²) in [7, 11) is 0. The van der Waals surface area contributed by atoms with Crippen LogP contribution < -0.4 is 0 Å². The van der Waals surface area contributed by atoms with Gasteiger partial charge in [0.05, 0.1) is 5.02 Å². The number of halogens is 2. The van der Waals surface area contributed by atoms with Crippen LogP contribution in [0.25, 0.3) is 10.6 Å². The number of hydrogen-bond acceptors (Lipinski definition) is 3. The minimum absolute atomic E-state index is 0.0550. The molecule has 1 aromatic heterocycles. The van der Waals surface area contributed by atoms with Gasteiger partial charge in [-0.05, 0) is 18.2 Å². The number of benzene rings is 1. The number of rotatable bonds is 2. The smallest absolute Gasteiger partial charge is 0.178 e. The van der Waals surface area contributed by atoms with Gasteiger partial charge in [-0.1, -0.05) is 23.2 Å². The molecule has 0 radical (unpaired) electrons. The van der Waals surface area contributed by atoms with Gasteiger partial charge in [-0.15, -0.1) is 11.3 Å². The average molecular weight is 272 g/mol. The second-order valence-electron chi connectivity index (χ2n) is 3.22. The lowest BCUT2D eigenvalue weighted by Crippen LogP contribution is -1.91. The van der Waals surface area contributed by atoms with E-state index in [2.05, 4.69) is 4.98 Å². The van der Waals surface area contributed by atoms with Gasteiger partial charge in [0.25, 0.3) is 0 Å². The summed E-state index contributed by atoms with van der Waals surface area (Å²) < 4.78 is 0. The predicted molar refractivity (Wildman–Crippen MR) is 67.6 cm³/mol. The number of carbonyl (C=O) groups excluding carboxylic acids is 1. The van der Waals surface area contributed by atoms with Gasteiger partial charge in [0.2, 0.25) is 0 Å². The highest BCUT2D eigenvalue weighted by Gasteiger charge is 2.11. The summed E-state index contributed by atoms with van der Waals surface area (Å²) in [6.45, 7) is 1.48. The SMILES string of the molecule is CC(=O)c1csc(-c2cc(Cl)ccc2Cl)n1. The quantitative estimate of drug-likeness (QED) is 0.762. The van der Waals surface area contributed by atoms with Crippen molar-refractivity contribution in [3.8, 4) is 10.6 Å². The van der Waals surface area contributed by atoms with E-state index in [-0.39, 0.29) is 5.78 Å². The summed E-state index contributed by atoms with van der Waals surface area (Å²) >= 11 is 13.3. The molecular formula is C11H7Cl2NOS. The van der Waals surface area contributed by atoms with Crippen LogP contribution in [-0.2, 0) is 0 Å². The summed E-state index contributed by atoms with van der Waals surface area (Å²) in [5.41, 5.74) is 1.21. The fraction of sp³-hybridized carbons (Fsp3) is 0.0909. The number of thiazole rings is 1. The Morgan fingerprint density at radius 3 is 2.75 bits per heavy atom. The highest BCUT2D eigenvalue weighted by Crippen LogP contribution is 2.32. The van der Waals surface area contributed by atoms with E-state index in [1.165, 1.54) is 18.3 Å². The second-order valence-corrected chi connectivity index (χ2v) is 4.92. The lowest BCUT2D eigenvalue weighted by atomic mass is 10.2. The van der Waals surface area contributed by atoms with E-state index in [4.69, 9.17) is 23.2 Å². The van der Waals surface area contributed by atoms with Crippen LogP contribution in [0.1, 0.15) is 17.4 Å². The van der Waals surface area contributed by atoms with Crippen LogP contribution in [0.2, 0.25) is 10.0 Å². The molecule has 0 saturated carbocycles. The van der Waals surface area contributed by atoms with Crippen LogP contribution in [0.4, 0.5) is 0 Å². The van der Waals surface area contributed by atoms with Gasteiger partial charge in [0, 0.05) is 22.9 Å². The van der Waals surface area contributed by atoms with Crippen LogP contribution in [0.3, 0.4) is 0 Å². The lowest BCUT2D eigenvalue weighted by Gasteiger charge is -2.00. The second kappa shape index (κ2) is 4.53. The minimum Gasteiger partial charge on any atom is -0.293 e. The van der Waals surface area contributed by atoms with E-state index >= 15 is 0 Å².